The largest absolute Gasteiger partial charge is 0.485 e. The average Bonchev–Trinajstić information content (AvgIpc) is 2.48. The minimum atomic E-state index is -0.213. The van der Waals surface area contributed by atoms with Gasteiger partial charge < -0.3 is 10.1 Å². The first kappa shape index (κ1) is 14.1. The van der Waals surface area contributed by atoms with Crippen molar-refractivity contribution in [1.29, 1.82) is 0 Å². The van der Waals surface area contributed by atoms with Crippen LogP contribution in [0, 0.1) is 12.7 Å². The Morgan fingerprint density at radius 3 is 2.76 bits per heavy atom. The van der Waals surface area contributed by atoms with Crippen LogP contribution in [0.2, 0.25) is 0 Å². The van der Waals surface area contributed by atoms with E-state index in [9.17, 15) is 4.39 Å². The maximum atomic E-state index is 13.5. The minimum absolute atomic E-state index is 0.00760. The van der Waals surface area contributed by atoms with Crippen LogP contribution < -0.4 is 10.1 Å². The number of benzene rings is 2. The molecule has 0 bridgehead atoms. The Bertz CT molecular complexity index is 641. The maximum Gasteiger partial charge on any atom is 0.126 e. The predicted molar refractivity (Wildman–Crippen MR) is 82.0 cm³/mol. The highest BCUT2D eigenvalue weighted by Crippen LogP contribution is 2.41. The second kappa shape index (κ2) is 5.86. The molecule has 2 unspecified atom stereocenters. The van der Waals surface area contributed by atoms with E-state index in [0.29, 0.717) is 0 Å². The molecule has 0 fully saturated rings. The number of halogens is 1. The lowest BCUT2D eigenvalue weighted by molar-refractivity contribution is 0.151. The van der Waals surface area contributed by atoms with E-state index in [1.807, 2.05) is 12.1 Å². The Hall–Kier alpha value is -1.87. The molecule has 0 aromatic heterocycles. The van der Waals surface area contributed by atoms with Gasteiger partial charge in [0.2, 0.25) is 0 Å². The molecule has 3 rings (SSSR count). The zero-order valence-corrected chi connectivity index (χ0v) is 12.4. The monoisotopic (exact) mass is 285 g/mol. The third-order valence-corrected chi connectivity index (χ3v) is 4.05. The molecule has 0 saturated heterocycles. The molecular weight excluding hydrogens is 265 g/mol. The van der Waals surface area contributed by atoms with Crippen molar-refractivity contribution in [3.8, 4) is 5.75 Å². The zero-order chi connectivity index (χ0) is 14.8. The summed E-state index contributed by atoms with van der Waals surface area (Å²) in [7, 11) is 0. The van der Waals surface area contributed by atoms with Gasteiger partial charge in [-0.05, 0) is 42.8 Å². The molecule has 0 aliphatic carbocycles. The van der Waals surface area contributed by atoms with Crippen molar-refractivity contribution in [2.75, 3.05) is 6.54 Å². The first-order chi connectivity index (χ1) is 10.2. The van der Waals surface area contributed by atoms with Gasteiger partial charge in [-0.2, -0.15) is 0 Å². The Labute approximate surface area is 125 Å². The topological polar surface area (TPSA) is 21.3 Å². The van der Waals surface area contributed by atoms with Crippen LogP contribution in [0.5, 0.6) is 5.75 Å². The first-order valence-electron chi connectivity index (χ1n) is 7.44. The van der Waals surface area contributed by atoms with E-state index < -0.39 is 0 Å². The molecule has 1 heterocycles. The number of hydrogen-bond acceptors (Lipinski definition) is 2. The third kappa shape index (κ3) is 2.79. The number of aryl methyl sites for hydroxylation is 1. The van der Waals surface area contributed by atoms with Gasteiger partial charge >= 0.3 is 0 Å². The molecule has 21 heavy (non-hydrogen) atoms. The van der Waals surface area contributed by atoms with Gasteiger partial charge in [-0.25, -0.2) is 4.39 Å². The van der Waals surface area contributed by atoms with Crippen molar-refractivity contribution in [3.05, 3.63) is 65.0 Å². The van der Waals surface area contributed by atoms with Crippen molar-refractivity contribution >= 4 is 0 Å². The first-order valence-corrected chi connectivity index (χ1v) is 7.44. The number of hydrogen-bond donors (Lipinski definition) is 1. The summed E-state index contributed by atoms with van der Waals surface area (Å²) in [6, 6.07) is 13.2. The van der Waals surface area contributed by atoms with E-state index in [1.54, 1.807) is 12.1 Å². The Balaban J connectivity index is 1.98. The number of fused-ring (bicyclic) bond motifs is 1. The fourth-order valence-electron chi connectivity index (χ4n) is 3.02. The summed E-state index contributed by atoms with van der Waals surface area (Å²) in [5.74, 6) is 0.566. The summed E-state index contributed by atoms with van der Waals surface area (Å²) in [4.78, 5) is 0. The predicted octanol–water partition coefficient (Wildman–Crippen LogP) is 4.31. The molecule has 0 radical (unpaired) electrons. The Morgan fingerprint density at radius 2 is 2.00 bits per heavy atom. The standard InChI is InChI=1S/C18H20FNO/c1-3-20-16-11-18(14-7-5-4-6-12(14)2)21-17-9-8-13(19)10-15(16)17/h4-10,16,18,20H,3,11H2,1-2H3. The Kier molecular flexibility index (Phi) is 3.93. The molecule has 1 N–H and O–H groups in total. The van der Waals surface area contributed by atoms with Crippen LogP contribution in [0.3, 0.4) is 0 Å². The molecule has 0 spiro atoms. The van der Waals surface area contributed by atoms with Crippen LogP contribution in [0.25, 0.3) is 0 Å². The lowest BCUT2D eigenvalue weighted by Crippen LogP contribution is -2.29. The third-order valence-electron chi connectivity index (χ3n) is 4.05. The van der Waals surface area contributed by atoms with E-state index in [0.717, 1.165) is 24.3 Å². The van der Waals surface area contributed by atoms with Crippen molar-refractivity contribution in [3.63, 3.8) is 0 Å². The number of rotatable bonds is 3. The van der Waals surface area contributed by atoms with Gasteiger partial charge in [-0.3, -0.25) is 0 Å². The van der Waals surface area contributed by atoms with Crippen molar-refractivity contribution in [2.45, 2.75) is 32.4 Å². The summed E-state index contributed by atoms with van der Waals surface area (Å²) in [6.07, 6.45) is 0.822. The summed E-state index contributed by atoms with van der Waals surface area (Å²) in [5.41, 5.74) is 3.35. The smallest absolute Gasteiger partial charge is 0.126 e. The highest BCUT2D eigenvalue weighted by atomic mass is 19.1. The normalized spacial score (nSPS) is 20.7. The van der Waals surface area contributed by atoms with Crippen LogP contribution >= 0.6 is 0 Å². The summed E-state index contributed by atoms with van der Waals surface area (Å²) in [5, 5.41) is 3.44. The van der Waals surface area contributed by atoms with Crippen molar-refractivity contribution < 1.29 is 9.13 Å². The second-order valence-corrected chi connectivity index (χ2v) is 5.49. The van der Waals surface area contributed by atoms with Crippen LogP contribution in [-0.2, 0) is 0 Å². The van der Waals surface area contributed by atoms with E-state index in [4.69, 9.17) is 4.74 Å². The highest BCUT2D eigenvalue weighted by molar-refractivity contribution is 5.40. The molecule has 2 atom stereocenters. The lowest BCUT2D eigenvalue weighted by atomic mass is 9.91. The van der Waals surface area contributed by atoms with E-state index >= 15 is 0 Å². The summed E-state index contributed by atoms with van der Waals surface area (Å²) >= 11 is 0. The van der Waals surface area contributed by atoms with Gasteiger partial charge in [0, 0.05) is 18.0 Å². The molecule has 3 heteroatoms. The number of ether oxygens (including phenoxy) is 1. The van der Waals surface area contributed by atoms with E-state index in [-0.39, 0.29) is 18.0 Å². The van der Waals surface area contributed by atoms with Crippen LogP contribution in [-0.4, -0.2) is 6.54 Å². The molecule has 2 nitrogen and oxygen atoms in total. The van der Waals surface area contributed by atoms with Gasteiger partial charge in [-0.1, -0.05) is 31.2 Å². The molecule has 2 aromatic carbocycles. The van der Waals surface area contributed by atoms with Gasteiger partial charge in [0.25, 0.3) is 0 Å². The van der Waals surface area contributed by atoms with Gasteiger partial charge in [-0.15, -0.1) is 0 Å². The zero-order valence-electron chi connectivity index (χ0n) is 12.4. The summed E-state index contributed by atoms with van der Waals surface area (Å²) < 4.78 is 19.6. The average molecular weight is 285 g/mol. The molecule has 1 aliphatic rings. The molecule has 2 aromatic rings. The van der Waals surface area contributed by atoms with Crippen LogP contribution in [0.15, 0.2) is 42.5 Å². The fraction of sp³-hybridized carbons (Fsp3) is 0.333. The maximum absolute atomic E-state index is 13.5. The fourth-order valence-corrected chi connectivity index (χ4v) is 3.02. The van der Waals surface area contributed by atoms with Crippen LogP contribution in [0.1, 0.15) is 42.2 Å². The van der Waals surface area contributed by atoms with Crippen LogP contribution in [0.4, 0.5) is 4.39 Å². The van der Waals surface area contributed by atoms with Crippen molar-refractivity contribution in [1.82, 2.24) is 5.32 Å². The lowest BCUT2D eigenvalue weighted by Gasteiger charge is -2.33. The van der Waals surface area contributed by atoms with Gasteiger partial charge in [0.05, 0.1) is 0 Å². The molecular formula is C18H20FNO. The highest BCUT2D eigenvalue weighted by Gasteiger charge is 2.29. The minimum Gasteiger partial charge on any atom is -0.485 e. The summed E-state index contributed by atoms with van der Waals surface area (Å²) in [6.45, 7) is 5.01. The molecule has 1 aliphatic heterocycles. The Morgan fingerprint density at radius 1 is 1.19 bits per heavy atom. The van der Waals surface area contributed by atoms with Crippen molar-refractivity contribution in [2.24, 2.45) is 0 Å². The quantitative estimate of drug-likeness (QED) is 0.907. The SMILES string of the molecule is CCNC1CC(c2ccccc2C)Oc2ccc(F)cc21. The number of nitrogens with one attached hydrogen (secondary N) is 1. The van der Waals surface area contributed by atoms with Gasteiger partial charge in [0.15, 0.2) is 0 Å². The van der Waals surface area contributed by atoms with E-state index in [1.165, 1.54) is 17.2 Å². The molecule has 0 amide bonds. The van der Waals surface area contributed by atoms with E-state index in [2.05, 4.69) is 31.3 Å². The van der Waals surface area contributed by atoms with Gasteiger partial charge in [0.1, 0.15) is 17.7 Å². The second-order valence-electron chi connectivity index (χ2n) is 5.49. The molecule has 110 valence electrons. The molecule has 0 saturated carbocycles.